The first kappa shape index (κ1) is 13.7. The van der Waals surface area contributed by atoms with Gasteiger partial charge in [-0.15, -0.1) is 5.10 Å². The fraction of sp³-hybridized carbons (Fsp3) is 0.467. The van der Waals surface area contributed by atoms with Crippen LogP contribution in [0, 0.1) is 5.92 Å². The van der Waals surface area contributed by atoms with Gasteiger partial charge in [0.2, 0.25) is 0 Å². The van der Waals surface area contributed by atoms with Crippen LogP contribution in [-0.2, 0) is 6.42 Å². The van der Waals surface area contributed by atoms with Crippen molar-refractivity contribution in [1.29, 1.82) is 0 Å². The molecule has 1 N–H and O–H groups in total. The third-order valence-electron chi connectivity index (χ3n) is 2.96. The van der Waals surface area contributed by atoms with Crippen molar-refractivity contribution in [3.63, 3.8) is 0 Å². The van der Waals surface area contributed by atoms with Crippen LogP contribution in [0.4, 0.5) is 0 Å². The molecule has 0 aliphatic heterocycles. The van der Waals surface area contributed by atoms with Crippen LogP contribution in [0.1, 0.15) is 26.0 Å². The van der Waals surface area contributed by atoms with E-state index in [0.717, 1.165) is 37.3 Å². The third kappa shape index (κ3) is 4.17. The molecule has 0 aliphatic carbocycles. The van der Waals surface area contributed by atoms with Gasteiger partial charge in [-0.25, -0.2) is 4.68 Å². The number of para-hydroxylation sites is 1. The molecule has 0 aliphatic rings. The molecule has 0 amide bonds. The summed E-state index contributed by atoms with van der Waals surface area (Å²) in [4.78, 5) is 0. The van der Waals surface area contributed by atoms with Gasteiger partial charge in [0.15, 0.2) is 0 Å². The Balaban J connectivity index is 1.87. The lowest BCUT2D eigenvalue weighted by Gasteiger charge is -2.08. The molecule has 0 saturated carbocycles. The Morgan fingerprint density at radius 1 is 1.21 bits per heavy atom. The molecule has 2 aromatic rings. The molecule has 1 aromatic heterocycles. The van der Waals surface area contributed by atoms with Crippen molar-refractivity contribution in [2.24, 2.45) is 5.92 Å². The summed E-state index contributed by atoms with van der Waals surface area (Å²) in [7, 11) is 0. The SMILES string of the molecule is CC(C)CNCCCc1cnnn1-c1ccccc1. The molecule has 4 nitrogen and oxygen atoms in total. The zero-order valence-electron chi connectivity index (χ0n) is 11.7. The van der Waals surface area contributed by atoms with Gasteiger partial charge in [-0.2, -0.15) is 0 Å². The van der Waals surface area contributed by atoms with Crippen LogP contribution in [0.5, 0.6) is 0 Å². The maximum absolute atomic E-state index is 4.16. The monoisotopic (exact) mass is 258 g/mol. The Kier molecular flexibility index (Phi) is 5.10. The normalized spacial score (nSPS) is 11.1. The Morgan fingerprint density at radius 3 is 2.74 bits per heavy atom. The molecule has 1 aromatic carbocycles. The summed E-state index contributed by atoms with van der Waals surface area (Å²) in [6, 6.07) is 10.1. The topological polar surface area (TPSA) is 42.7 Å². The predicted octanol–water partition coefficient (Wildman–Crippen LogP) is 2.45. The van der Waals surface area contributed by atoms with Crippen LogP contribution >= 0.6 is 0 Å². The lowest BCUT2D eigenvalue weighted by atomic mass is 10.2. The molecule has 0 atom stereocenters. The van der Waals surface area contributed by atoms with E-state index in [1.807, 2.05) is 29.1 Å². The van der Waals surface area contributed by atoms with E-state index in [0.29, 0.717) is 5.92 Å². The minimum atomic E-state index is 0.705. The molecule has 1 heterocycles. The minimum Gasteiger partial charge on any atom is -0.316 e. The number of aromatic nitrogens is 3. The van der Waals surface area contributed by atoms with Gasteiger partial charge >= 0.3 is 0 Å². The van der Waals surface area contributed by atoms with Gasteiger partial charge in [0, 0.05) is 0 Å². The standard InChI is InChI=1S/C15H22N4/c1-13(2)11-16-10-6-9-15-12-17-18-19(15)14-7-4-3-5-8-14/h3-5,7-8,12-13,16H,6,9-11H2,1-2H3. The minimum absolute atomic E-state index is 0.705. The second-order valence-electron chi connectivity index (χ2n) is 5.17. The van der Waals surface area contributed by atoms with E-state index >= 15 is 0 Å². The summed E-state index contributed by atoms with van der Waals surface area (Å²) < 4.78 is 1.92. The Hall–Kier alpha value is -1.68. The van der Waals surface area contributed by atoms with Crippen LogP contribution in [0.25, 0.3) is 5.69 Å². The molecule has 0 saturated heterocycles. The lowest BCUT2D eigenvalue weighted by Crippen LogP contribution is -2.21. The van der Waals surface area contributed by atoms with E-state index in [1.165, 1.54) is 0 Å². The highest BCUT2D eigenvalue weighted by atomic mass is 15.4. The summed E-state index contributed by atoms with van der Waals surface area (Å²) in [6.45, 7) is 6.57. The fourth-order valence-electron chi connectivity index (χ4n) is 2.00. The highest BCUT2D eigenvalue weighted by Gasteiger charge is 2.05. The average Bonchev–Trinajstić information content (AvgIpc) is 2.87. The van der Waals surface area contributed by atoms with E-state index < -0.39 is 0 Å². The van der Waals surface area contributed by atoms with Gasteiger partial charge in [-0.1, -0.05) is 37.3 Å². The van der Waals surface area contributed by atoms with Crippen molar-refractivity contribution < 1.29 is 0 Å². The second kappa shape index (κ2) is 7.04. The summed E-state index contributed by atoms with van der Waals surface area (Å²) in [5, 5.41) is 11.6. The van der Waals surface area contributed by atoms with E-state index in [1.54, 1.807) is 0 Å². The van der Waals surface area contributed by atoms with Crippen molar-refractivity contribution in [3.05, 3.63) is 42.2 Å². The summed E-state index contributed by atoms with van der Waals surface area (Å²) in [6.07, 6.45) is 3.95. The summed E-state index contributed by atoms with van der Waals surface area (Å²) in [5.74, 6) is 0.705. The smallest absolute Gasteiger partial charge is 0.0729 e. The maximum Gasteiger partial charge on any atom is 0.0729 e. The highest BCUT2D eigenvalue weighted by Crippen LogP contribution is 2.09. The molecule has 0 fully saturated rings. The molecule has 0 bridgehead atoms. The third-order valence-corrected chi connectivity index (χ3v) is 2.96. The Labute approximate surface area is 114 Å². The summed E-state index contributed by atoms with van der Waals surface area (Å²) in [5.41, 5.74) is 2.24. The van der Waals surface area contributed by atoms with Gasteiger partial charge in [0.1, 0.15) is 0 Å². The largest absolute Gasteiger partial charge is 0.316 e. The quantitative estimate of drug-likeness (QED) is 0.776. The van der Waals surface area contributed by atoms with Crippen LogP contribution in [-0.4, -0.2) is 28.1 Å². The zero-order valence-corrected chi connectivity index (χ0v) is 11.7. The van der Waals surface area contributed by atoms with Gasteiger partial charge < -0.3 is 5.32 Å². The van der Waals surface area contributed by atoms with Crippen molar-refractivity contribution in [2.75, 3.05) is 13.1 Å². The Bertz CT molecular complexity index is 476. The summed E-state index contributed by atoms with van der Waals surface area (Å²) >= 11 is 0. The molecule has 4 heteroatoms. The first-order chi connectivity index (χ1) is 9.27. The molecule has 2 rings (SSSR count). The maximum atomic E-state index is 4.16. The lowest BCUT2D eigenvalue weighted by molar-refractivity contribution is 0.540. The van der Waals surface area contributed by atoms with E-state index in [4.69, 9.17) is 0 Å². The molecule has 0 spiro atoms. The van der Waals surface area contributed by atoms with Gasteiger partial charge in [-0.3, -0.25) is 0 Å². The van der Waals surface area contributed by atoms with Crippen molar-refractivity contribution in [1.82, 2.24) is 20.3 Å². The fourth-order valence-corrected chi connectivity index (χ4v) is 2.00. The number of hydrogen-bond donors (Lipinski definition) is 1. The van der Waals surface area contributed by atoms with Crippen molar-refractivity contribution in [2.45, 2.75) is 26.7 Å². The average molecular weight is 258 g/mol. The van der Waals surface area contributed by atoms with Crippen molar-refractivity contribution >= 4 is 0 Å². The number of hydrogen-bond acceptors (Lipinski definition) is 3. The predicted molar refractivity (Wildman–Crippen MR) is 77.4 cm³/mol. The van der Waals surface area contributed by atoms with Crippen LogP contribution < -0.4 is 5.32 Å². The molecular weight excluding hydrogens is 236 g/mol. The van der Waals surface area contributed by atoms with E-state index in [9.17, 15) is 0 Å². The molecular formula is C15H22N4. The first-order valence-corrected chi connectivity index (χ1v) is 6.93. The van der Waals surface area contributed by atoms with Crippen LogP contribution in [0.2, 0.25) is 0 Å². The molecule has 0 unspecified atom stereocenters. The Morgan fingerprint density at radius 2 is 2.00 bits per heavy atom. The van der Waals surface area contributed by atoms with Crippen LogP contribution in [0.3, 0.4) is 0 Å². The second-order valence-corrected chi connectivity index (χ2v) is 5.17. The van der Waals surface area contributed by atoms with Crippen molar-refractivity contribution in [3.8, 4) is 5.69 Å². The van der Waals surface area contributed by atoms with Gasteiger partial charge in [0.05, 0.1) is 17.6 Å². The number of nitrogens with zero attached hydrogens (tertiary/aromatic N) is 3. The van der Waals surface area contributed by atoms with E-state index in [-0.39, 0.29) is 0 Å². The number of benzene rings is 1. The number of aryl methyl sites for hydroxylation is 1. The molecule has 19 heavy (non-hydrogen) atoms. The van der Waals surface area contributed by atoms with Gasteiger partial charge in [-0.05, 0) is 44.0 Å². The number of nitrogens with one attached hydrogen (secondary N) is 1. The molecule has 0 radical (unpaired) electrons. The first-order valence-electron chi connectivity index (χ1n) is 6.93. The highest BCUT2D eigenvalue weighted by molar-refractivity contribution is 5.31. The molecule has 102 valence electrons. The van der Waals surface area contributed by atoms with Crippen LogP contribution in [0.15, 0.2) is 36.5 Å². The zero-order chi connectivity index (χ0) is 13.5. The van der Waals surface area contributed by atoms with E-state index in [2.05, 4.69) is 41.6 Å². The number of rotatable bonds is 7. The van der Waals surface area contributed by atoms with Gasteiger partial charge in [0.25, 0.3) is 0 Å².